The fourth-order valence-corrected chi connectivity index (χ4v) is 1.66. The van der Waals surface area contributed by atoms with Crippen LogP contribution in [-0.4, -0.2) is 19.4 Å². The average molecular weight is 219 g/mol. The van der Waals surface area contributed by atoms with Gasteiger partial charge in [0.1, 0.15) is 0 Å². The molecule has 0 saturated heterocycles. The van der Waals surface area contributed by atoms with Crippen LogP contribution in [0.1, 0.15) is 24.8 Å². The number of aryl methyl sites for hydroxylation is 1. The molecule has 1 rings (SSSR count). The van der Waals surface area contributed by atoms with E-state index in [4.69, 9.17) is 11.1 Å². The molecule has 1 aromatic carbocycles. The van der Waals surface area contributed by atoms with Gasteiger partial charge in [0.05, 0.1) is 5.84 Å². The van der Waals surface area contributed by atoms with Gasteiger partial charge < -0.3 is 10.6 Å². The molecule has 0 aliphatic carbocycles. The summed E-state index contributed by atoms with van der Waals surface area (Å²) in [4.78, 5) is 2.24. The van der Waals surface area contributed by atoms with E-state index in [1.807, 2.05) is 0 Å². The lowest BCUT2D eigenvalue weighted by Crippen LogP contribution is -2.19. The predicted octanol–water partition coefficient (Wildman–Crippen LogP) is 2.54. The summed E-state index contributed by atoms with van der Waals surface area (Å²) in [5.74, 6) is 0.290. The van der Waals surface area contributed by atoms with E-state index in [1.165, 1.54) is 11.3 Å². The Balaban J connectivity index is 2.35. The molecule has 3 N–H and O–H groups in total. The minimum atomic E-state index is 0.290. The fourth-order valence-electron chi connectivity index (χ4n) is 1.66. The van der Waals surface area contributed by atoms with E-state index in [2.05, 4.69) is 43.1 Å². The second kappa shape index (κ2) is 6.16. The molecule has 0 radical (unpaired) electrons. The molecule has 0 aromatic heterocycles. The first kappa shape index (κ1) is 12.6. The smallest absolute Gasteiger partial charge is 0.0905 e. The number of anilines is 1. The summed E-state index contributed by atoms with van der Waals surface area (Å²) in [5.41, 5.74) is 7.85. The lowest BCUT2D eigenvalue weighted by atomic mass is 10.2. The molecule has 0 atom stereocenters. The number of amidine groups is 1. The number of hydrogen-bond acceptors (Lipinski definition) is 2. The van der Waals surface area contributed by atoms with Gasteiger partial charge in [-0.3, -0.25) is 5.41 Å². The van der Waals surface area contributed by atoms with Crippen LogP contribution in [0.3, 0.4) is 0 Å². The molecule has 0 fully saturated rings. The summed E-state index contributed by atoms with van der Waals surface area (Å²) in [6, 6.07) is 8.49. The molecule has 0 saturated carbocycles. The molecule has 0 aliphatic rings. The van der Waals surface area contributed by atoms with Crippen LogP contribution in [0.4, 0.5) is 5.69 Å². The van der Waals surface area contributed by atoms with Crippen molar-refractivity contribution in [3.05, 3.63) is 29.8 Å². The van der Waals surface area contributed by atoms with E-state index in [1.54, 1.807) is 0 Å². The Hall–Kier alpha value is -1.51. The zero-order valence-electron chi connectivity index (χ0n) is 10.2. The normalized spacial score (nSPS) is 10.1. The maximum atomic E-state index is 7.14. The highest BCUT2D eigenvalue weighted by Gasteiger charge is 2.00. The summed E-state index contributed by atoms with van der Waals surface area (Å²) >= 11 is 0. The minimum absolute atomic E-state index is 0.290. The van der Waals surface area contributed by atoms with Crippen molar-refractivity contribution in [3.8, 4) is 0 Å². The van der Waals surface area contributed by atoms with Gasteiger partial charge in [-0.2, -0.15) is 0 Å². The number of nitrogens with two attached hydrogens (primary N) is 1. The van der Waals surface area contributed by atoms with Crippen LogP contribution in [0.2, 0.25) is 0 Å². The number of nitrogens with zero attached hydrogens (tertiary/aromatic N) is 1. The molecule has 3 nitrogen and oxygen atoms in total. The first-order chi connectivity index (χ1) is 7.59. The Labute approximate surface area is 97.8 Å². The minimum Gasteiger partial charge on any atom is -0.388 e. The van der Waals surface area contributed by atoms with E-state index in [9.17, 15) is 0 Å². The molecule has 0 amide bonds. The monoisotopic (exact) mass is 219 g/mol. The summed E-state index contributed by atoms with van der Waals surface area (Å²) in [6.07, 6.45) is 2.77. The van der Waals surface area contributed by atoms with Gasteiger partial charge in [-0.15, -0.1) is 0 Å². The van der Waals surface area contributed by atoms with Gasteiger partial charge in [-0.05, 0) is 37.5 Å². The second-order valence-corrected chi connectivity index (χ2v) is 4.24. The number of nitrogens with one attached hydrogen (secondary N) is 1. The largest absolute Gasteiger partial charge is 0.388 e. The van der Waals surface area contributed by atoms with Crippen LogP contribution < -0.4 is 10.6 Å². The van der Waals surface area contributed by atoms with E-state index in [0.717, 1.165) is 19.4 Å². The van der Waals surface area contributed by atoms with Crippen molar-refractivity contribution in [2.24, 2.45) is 5.73 Å². The van der Waals surface area contributed by atoms with Crippen LogP contribution in [-0.2, 0) is 0 Å². The molecular weight excluding hydrogens is 198 g/mol. The van der Waals surface area contributed by atoms with E-state index >= 15 is 0 Å². The molecular formula is C13H21N3. The Morgan fingerprint density at radius 2 is 2.12 bits per heavy atom. The highest BCUT2D eigenvalue weighted by Crippen LogP contribution is 2.14. The van der Waals surface area contributed by atoms with Gasteiger partial charge in [-0.25, -0.2) is 0 Å². The fraction of sp³-hybridized carbons (Fsp3) is 0.462. The molecule has 16 heavy (non-hydrogen) atoms. The van der Waals surface area contributed by atoms with E-state index in [0.29, 0.717) is 12.3 Å². The Bertz CT molecular complexity index is 347. The third kappa shape index (κ3) is 4.34. The highest BCUT2D eigenvalue weighted by atomic mass is 15.1. The van der Waals surface area contributed by atoms with Crippen molar-refractivity contribution < 1.29 is 0 Å². The summed E-state index contributed by atoms with van der Waals surface area (Å²) in [7, 11) is 2.10. The maximum absolute atomic E-state index is 7.14. The van der Waals surface area contributed by atoms with Gasteiger partial charge >= 0.3 is 0 Å². The van der Waals surface area contributed by atoms with Crippen molar-refractivity contribution in [1.82, 2.24) is 0 Å². The lowest BCUT2D eigenvalue weighted by molar-refractivity contribution is 0.738. The van der Waals surface area contributed by atoms with Crippen molar-refractivity contribution in [2.75, 3.05) is 18.5 Å². The number of benzene rings is 1. The zero-order valence-corrected chi connectivity index (χ0v) is 10.2. The Morgan fingerprint density at radius 1 is 1.38 bits per heavy atom. The summed E-state index contributed by atoms with van der Waals surface area (Å²) < 4.78 is 0. The molecule has 88 valence electrons. The van der Waals surface area contributed by atoms with Gasteiger partial charge in [-0.1, -0.05) is 12.1 Å². The standard InChI is InChI=1S/C13H21N3/c1-11-6-5-7-12(10-11)16(2)9-4-3-8-13(14)15/h5-7,10H,3-4,8-9H2,1-2H3,(H3,14,15). The molecule has 0 unspecified atom stereocenters. The number of hydrogen-bond donors (Lipinski definition) is 2. The second-order valence-electron chi connectivity index (χ2n) is 4.24. The predicted molar refractivity (Wildman–Crippen MR) is 70.2 cm³/mol. The molecule has 0 aliphatic heterocycles. The molecule has 0 spiro atoms. The van der Waals surface area contributed by atoms with Crippen LogP contribution in [0.15, 0.2) is 24.3 Å². The zero-order chi connectivity index (χ0) is 12.0. The van der Waals surface area contributed by atoms with Crippen LogP contribution in [0, 0.1) is 12.3 Å². The van der Waals surface area contributed by atoms with Crippen molar-refractivity contribution >= 4 is 11.5 Å². The van der Waals surface area contributed by atoms with Crippen LogP contribution in [0.5, 0.6) is 0 Å². The Kier molecular flexibility index (Phi) is 4.83. The van der Waals surface area contributed by atoms with E-state index in [-0.39, 0.29) is 0 Å². The van der Waals surface area contributed by atoms with Crippen LogP contribution in [0.25, 0.3) is 0 Å². The SMILES string of the molecule is Cc1cccc(N(C)CCCCC(=N)N)c1. The summed E-state index contributed by atoms with van der Waals surface area (Å²) in [6.45, 7) is 3.11. The first-order valence-electron chi connectivity index (χ1n) is 5.70. The van der Waals surface area contributed by atoms with Crippen LogP contribution >= 0.6 is 0 Å². The average Bonchev–Trinajstić information content (AvgIpc) is 2.24. The van der Waals surface area contributed by atoms with Crippen molar-refractivity contribution in [1.29, 1.82) is 5.41 Å². The van der Waals surface area contributed by atoms with Crippen molar-refractivity contribution in [3.63, 3.8) is 0 Å². The number of unbranched alkanes of at least 4 members (excludes halogenated alkanes) is 1. The molecule has 0 bridgehead atoms. The molecule has 0 heterocycles. The van der Waals surface area contributed by atoms with Crippen molar-refractivity contribution in [2.45, 2.75) is 26.2 Å². The van der Waals surface area contributed by atoms with Gasteiger partial charge in [0.15, 0.2) is 0 Å². The molecule has 3 heteroatoms. The summed E-state index contributed by atoms with van der Waals surface area (Å²) in [5, 5.41) is 7.14. The third-order valence-corrected chi connectivity index (χ3v) is 2.63. The van der Waals surface area contributed by atoms with Gasteiger partial charge in [0, 0.05) is 25.7 Å². The topological polar surface area (TPSA) is 53.1 Å². The maximum Gasteiger partial charge on any atom is 0.0905 e. The first-order valence-corrected chi connectivity index (χ1v) is 5.70. The quantitative estimate of drug-likeness (QED) is 0.439. The lowest BCUT2D eigenvalue weighted by Gasteiger charge is -2.19. The highest BCUT2D eigenvalue weighted by molar-refractivity contribution is 5.76. The van der Waals surface area contributed by atoms with E-state index < -0.39 is 0 Å². The van der Waals surface area contributed by atoms with Gasteiger partial charge in [0.2, 0.25) is 0 Å². The van der Waals surface area contributed by atoms with Gasteiger partial charge in [0.25, 0.3) is 0 Å². The molecule has 1 aromatic rings. The third-order valence-electron chi connectivity index (χ3n) is 2.63. The number of rotatable bonds is 6. The Morgan fingerprint density at radius 3 is 2.75 bits per heavy atom.